The Labute approximate surface area is 187 Å². The number of aliphatic carboxylic acids is 2. The highest BCUT2D eigenvalue weighted by Gasteiger charge is 2.31. The van der Waals surface area contributed by atoms with Gasteiger partial charge in [-0.15, -0.1) is 0 Å². The Bertz CT molecular complexity index is 693. The summed E-state index contributed by atoms with van der Waals surface area (Å²) in [7, 11) is 0. The van der Waals surface area contributed by atoms with E-state index in [0.29, 0.717) is 5.75 Å². The van der Waals surface area contributed by atoms with Gasteiger partial charge in [0.05, 0.1) is 18.9 Å². The van der Waals surface area contributed by atoms with Crippen molar-refractivity contribution in [1.29, 1.82) is 0 Å². The minimum Gasteiger partial charge on any atom is -0.481 e. The molecule has 0 aromatic carbocycles. The van der Waals surface area contributed by atoms with Crippen molar-refractivity contribution in [2.75, 3.05) is 17.8 Å². The van der Waals surface area contributed by atoms with Gasteiger partial charge in [0.1, 0.15) is 18.1 Å². The zero-order chi connectivity index (χ0) is 24.1. The maximum Gasteiger partial charge on any atom is 0.327 e. The number of carbonyl (C=O) groups is 6. The van der Waals surface area contributed by atoms with Gasteiger partial charge in [0, 0.05) is 5.75 Å². The van der Waals surface area contributed by atoms with E-state index in [0.717, 1.165) is 0 Å². The van der Waals surface area contributed by atoms with E-state index in [1.807, 2.05) is 0 Å². The molecule has 0 aliphatic rings. The van der Waals surface area contributed by atoms with E-state index in [4.69, 9.17) is 21.7 Å². The van der Waals surface area contributed by atoms with Gasteiger partial charge in [-0.3, -0.25) is 24.0 Å². The highest BCUT2D eigenvalue weighted by atomic mass is 32.2. The number of primary amides is 1. The summed E-state index contributed by atoms with van der Waals surface area (Å²) in [6.07, 6.45) is 0.524. The number of hydrogen-bond donors (Lipinski definition) is 8. The lowest BCUT2D eigenvalue weighted by atomic mass is 10.1. The van der Waals surface area contributed by atoms with Crippen molar-refractivity contribution >= 4 is 60.0 Å². The van der Waals surface area contributed by atoms with E-state index in [-0.39, 0.29) is 12.2 Å². The third-order valence-electron chi connectivity index (χ3n) is 3.81. The molecule has 0 saturated carbocycles. The number of hydrogen-bond acceptors (Lipinski definition) is 9. The zero-order valence-corrected chi connectivity index (χ0v) is 18.4. The first-order chi connectivity index (χ1) is 14.4. The molecule has 4 atom stereocenters. The molecule has 13 nitrogen and oxygen atoms in total. The van der Waals surface area contributed by atoms with Crippen molar-refractivity contribution in [2.24, 2.45) is 11.5 Å². The summed E-state index contributed by atoms with van der Waals surface area (Å²) in [5, 5.41) is 24.5. The molecule has 31 heavy (non-hydrogen) atoms. The van der Waals surface area contributed by atoms with Crippen molar-refractivity contribution < 1.29 is 39.0 Å². The number of nitrogens with one attached hydrogen (secondary N) is 3. The molecule has 0 radical (unpaired) electrons. The Hall–Kier alpha value is -2.52. The molecular weight excluding hydrogens is 454 g/mol. The Morgan fingerprint density at radius 3 is 1.87 bits per heavy atom. The van der Waals surface area contributed by atoms with E-state index in [2.05, 4.69) is 28.6 Å². The highest BCUT2D eigenvalue weighted by Crippen LogP contribution is 2.04. The first kappa shape index (κ1) is 28.5. The number of carboxylic acid groups (broad SMARTS) is 2. The van der Waals surface area contributed by atoms with Crippen molar-refractivity contribution in [3.05, 3.63) is 0 Å². The van der Waals surface area contributed by atoms with Gasteiger partial charge >= 0.3 is 11.9 Å². The topological polar surface area (TPSA) is 231 Å². The molecule has 4 amide bonds. The van der Waals surface area contributed by atoms with Gasteiger partial charge in [-0.1, -0.05) is 0 Å². The van der Waals surface area contributed by atoms with Crippen molar-refractivity contribution in [2.45, 2.75) is 43.4 Å². The highest BCUT2D eigenvalue weighted by molar-refractivity contribution is 7.98. The molecular formula is C16H27N5O8S2. The lowest BCUT2D eigenvalue weighted by molar-refractivity contribution is -0.141. The smallest absolute Gasteiger partial charge is 0.327 e. The number of amides is 4. The van der Waals surface area contributed by atoms with E-state index >= 15 is 0 Å². The van der Waals surface area contributed by atoms with Crippen LogP contribution in [0, 0.1) is 0 Å². The maximum absolute atomic E-state index is 12.6. The molecule has 176 valence electrons. The molecule has 4 unspecified atom stereocenters. The first-order valence-electron chi connectivity index (χ1n) is 8.92. The molecule has 15 heteroatoms. The molecule has 0 saturated heterocycles. The second-order valence-corrected chi connectivity index (χ2v) is 7.71. The molecule has 0 heterocycles. The Balaban J connectivity index is 5.40. The molecule has 0 aromatic heterocycles. The Morgan fingerprint density at radius 1 is 0.903 bits per heavy atom. The van der Waals surface area contributed by atoms with Crippen LogP contribution in [0.1, 0.15) is 19.3 Å². The predicted octanol–water partition coefficient (Wildman–Crippen LogP) is -3.11. The fourth-order valence-corrected chi connectivity index (χ4v) is 2.92. The summed E-state index contributed by atoms with van der Waals surface area (Å²) in [5.74, 6) is -6.12. The van der Waals surface area contributed by atoms with Gasteiger partial charge in [0.25, 0.3) is 0 Å². The van der Waals surface area contributed by atoms with Crippen LogP contribution >= 0.6 is 24.4 Å². The normalized spacial score (nSPS) is 14.4. The minimum absolute atomic E-state index is 0.118. The van der Waals surface area contributed by atoms with Crippen molar-refractivity contribution in [3.8, 4) is 0 Å². The van der Waals surface area contributed by atoms with Gasteiger partial charge < -0.3 is 37.6 Å². The number of thioether (sulfide) groups is 1. The summed E-state index contributed by atoms with van der Waals surface area (Å²) in [5.41, 5.74) is 10.5. The summed E-state index contributed by atoms with van der Waals surface area (Å²) < 4.78 is 0. The molecule has 0 fully saturated rings. The molecule has 0 aliphatic heterocycles. The summed E-state index contributed by atoms with van der Waals surface area (Å²) >= 11 is 5.22. The number of carbonyl (C=O) groups excluding carboxylic acids is 4. The lowest BCUT2D eigenvalue weighted by Crippen LogP contribution is -2.58. The molecule has 9 N–H and O–H groups in total. The van der Waals surface area contributed by atoms with Crippen LogP contribution in [0.3, 0.4) is 0 Å². The van der Waals surface area contributed by atoms with Gasteiger partial charge in [0.15, 0.2) is 0 Å². The third-order valence-corrected chi connectivity index (χ3v) is 4.82. The monoisotopic (exact) mass is 481 g/mol. The zero-order valence-electron chi connectivity index (χ0n) is 16.7. The quantitative estimate of drug-likeness (QED) is 0.110. The predicted molar refractivity (Wildman–Crippen MR) is 114 cm³/mol. The molecule has 0 rings (SSSR count). The fourth-order valence-electron chi connectivity index (χ4n) is 2.20. The Morgan fingerprint density at radius 2 is 1.42 bits per heavy atom. The second kappa shape index (κ2) is 14.5. The second-order valence-electron chi connectivity index (χ2n) is 6.36. The number of nitrogens with two attached hydrogens (primary N) is 2. The van der Waals surface area contributed by atoms with Gasteiger partial charge in [-0.25, -0.2) is 4.79 Å². The van der Waals surface area contributed by atoms with E-state index in [1.54, 1.807) is 6.26 Å². The van der Waals surface area contributed by atoms with Crippen LogP contribution in [0.4, 0.5) is 0 Å². The van der Waals surface area contributed by atoms with E-state index in [9.17, 15) is 28.8 Å². The summed E-state index contributed by atoms with van der Waals surface area (Å²) in [6, 6.07) is -5.47. The standard InChI is InChI=1S/C16H27N5O8S2/c1-31-3-2-8(14(26)21-10(6-30)16(28)29)19-15(27)9(5-11(18)22)20-13(25)7(17)4-12(23)24/h7-10,30H,2-6,17H2,1H3,(H2,18,22)(H,19,27)(H,20,25)(H,21,26)(H,23,24)(H,28,29). The molecule has 0 aliphatic carbocycles. The van der Waals surface area contributed by atoms with E-state index in [1.165, 1.54) is 11.8 Å². The van der Waals surface area contributed by atoms with Gasteiger partial charge in [0.2, 0.25) is 23.6 Å². The van der Waals surface area contributed by atoms with Crippen LogP contribution < -0.4 is 27.4 Å². The van der Waals surface area contributed by atoms with Crippen molar-refractivity contribution in [1.82, 2.24) is 16.0 Å². The van der Waals surface area contributed by atoms with Crippen LogP contribution in [0.5, 0.6) is 0 Å². The summed E-state index contributed by atoms with van der Waals surface area (Å²) in [4.78, 5) is 70.2. The average Bonchev–Trinajstić information content (AvgIpc) is 2.66. The number of thiol groups is 1. The SMILES string of the molecule is CSCCC(NC(=O)C(CC(N)=O)NC(=O)C(N)CC(=O)O)C(=O)NC(CS)C(=O)O. The summed E-state index contributed by atoms with van der Waals surface area (Å²) in [6.45, 7) is 0. The molecule has 0 bridgehead atoms. The lowest BCUT2D eigenvalue weighted by Gasteiger charge is -2.24. The maximum atomic E-state index is 12.6. The van der Waals surface area contributed by atoms with Crippen molar-refractivity contribution in [3.63, 3.8) is 0 Å². The molecule has 0 spiro atoms. The first-order valence-corrected chi connectivity index (χ1v) is 10.9. The van der Waals surface area contributed by atoms with E-state index < -0.39 is 72.6 Å². The number of rotatable bonds is 15. The van der Waals surface area contributed by atoms with Crippen LogP contribution in [-0.2, 0) is 28.8 Å². The fraction of sp³-hybridized carbons (Fsp3) is 0.625. The average molecular weight is 482 g/mol. The van der Waals surface area contributed by atoms with Crippen LogP contribution in [0.2, 0.25) is 0 Å². The molecule has 0 aromatic rings. The third kappa shape index (κ3) is 11.4. The Kier molecular flexibility index (Phi) is 13.3. The largest absolute Gasteiger partial charge is 0.481 e. The van der Waals surface area contributed by atoms with Crippen LogP contribution in [0.25, 0.3) is 0 Å². The van der Waals surface area contributed by atoms with Crippen LogP contribution in [-0.4, -0.2) is 87.7 Å². The van der Waals surface area contributed by atoms with Crippen LogP contribution in [0.15, 0.2) is 0 Å². The minimum atomic E-state index is -1.52. The van der Waals surface area contributed by atoms with Gasteiger partial charge in [-0.05, 0) is 18.4 Å². The number of carboxylic acids is 2. The van der Waals surface area contributed by atoms with Gasteiger partial charge in [-0.2, -0.15) is 24.4 Å².